The number of anilines is 1. The maximum absolute atomic E-state index is 11.4. The van der Waals surface area contributed by atoms with Gasteiger partial charge < -0.3 is 10.2 Å². The minimum Gasteiger partial charge on any atom is -0.448 e. The number of carbonyl (C=O) groups is 1. The summed E-state index contributed by atoms with van der Waals surface area (Å²) in [6.07, 6.45) is 1.33. The van der Waals surface area contributed by atoms with Crippen LogP contribution in [0.4, 0.5) is 5.82 Å². The van der Waals surface area contributed by atoms with Gasteiger partial charge in [0.1, 0.15) is 5.76 Å². The number of amides is 1. The van der Waals surface area contributed by atoms with E-state index in [2.05, 4.69) is 41.4 Å². The molecule has 2 aromatic rings. The Morgan fingerprint density at radius 2 is 2.35 bits per heavy atom. The molecule has 2 aromatic heterocycles. The molecule has 8 nitrogen and oxygen atoms in total. The number of hydrazone groups is 1. The van der Waals surface area contributed by atoms with Crippen molar-refractivity contribution < 1.29 is 13.8 Å². The van der Waals surface area contributed by atoms with Gasteiger partial charge in [-0.05, 0) is 38.4 Å². The van der Waals surface area contributed by atoms with Gasteiger partial charge in [0.2, 0.25) is 11.5 Å². The first-order valence-corrected chi connectivity index (χ1v) is 5.13. The lowest BCUT2D eigenvalue weighted by Crippen LogP contribution is -2.19. The van der Waals surface area contributed by atoms with Gasteiger partial charge in [-0.25, -0.2) is 10.1 Å². The van der Waals surface area contributed by atoms with Crippen molar-refractivity contribution in [2.45, 2.75) is 0 Å². The van der Waals surface area contributed by atoms with Gasteiger partial charge in [0, 0.05) is 0 Å². The highest BCUT2D eigenvalue weighted by Crippen LogP contribution is 2.12. The molecule has 0 aliphatic rings. The molecule has 0 aliphatic heterocycles. The Hall–Kier alpha value is -2.16. The zero-order valence-corrected chi connectivity index (χ0v) is 9.84. The summed E-state index contributed by atoms with van der Waals surface area (Å²) in [6.45, 7) is 0. The van der Waals surface area contributed by atoms with E-state index >= 15 is 0 Å². The van der Waals surface area contributed by atoms with Gasteiger partial charge in [0.25, 0.3) is 5.91 Å². The Bertz CT molecular complexity index is 561. The Labute approximate surface area is 103 Å². The summed E-state index contributed by atoms with van der Waals surface area (Å²) in [5, 5.41) is 10.2. The minimum atomic E-state index is -0.620. The second kappa shape index (κ2) is 4.78. The molecule has 0 aliphatic carbocycles. The van der Waals surface area contributed by atoms with E-state index in [1.165, 1.54) is 6.21 Å². The minimum absolute atomic E-state index is 0.0987. The lowest BCUT2D eigenvalue weighted by atomic mass is 10.4. The topological polar surface area (TPSA) is 120 Å². The lowest BCUT2D eigenvalue weighted by Gasteiger charge is -1.93. The molecule has 0 spiro atoms. The number of hydrogen-bond acceptors (Lipinski definition) is 7. The Morgan fingerprint density at radius 3 is 2.94 bits per heavy atom. The third kappa shape index (κ3) is 2.69. The van der Waals surface area contributed by atoms with Gasteiger partial charge in [0.15, 0.2) is 4.67 Å². The number of nitrogens with one attached hydrogen (secondary N) is 1. The number of furan rings is 1. The number of nitrogen functional groups attached to an aromatic ring is 1. The molecular weight excluding hydrogens is 294 g/mol. The van der Waals surface area contributed by atoms with Crippen molar-refractivity contribution in [2.24, 2.45) is 5.10 Å². The highest BCUT2D eigenvalue weighted by molar-refractivity contribution is 9.10. The summed E-state index contributed by atoms with van der Waals surface area (Å²) in [5.74, 6) is -0.243. The highest BCUT2D eigenvalue weighted by Gasteiger charge is 2.14. The van der Waals surface area contributed by atoms with E-state index in [4.69, 9.17) is 10.2 Å². The molecule has 0 aromatic carbocycles. The summed E-state index contributed by atoms with van der Waals surface area (Å²) in [7, 11) is 0. The molecule has 0 unspecified atom stereocenters. The SMILES string of the molecule is Nc1nonc1C(=O)NN=Cc1ccc(Br)o1. The van der Waals surface area contributed by atoms with Crippen LogP contribution in [0.15, 0.2) is 30.9 Å². The number of rotatable bonds is 3. The Kier molecular flexibility index (Phi) is 3.19. The van der Waals surface area contributed by atoms with Crippen LogP contribution in [0.3, 0.4) is 0 Å². The van der Waals surface area contributed by atoms with E-state index in [0.29, 0.717) is 10.4 Å². The van der Waals surface area contributed by atoms with Gasteiger partial charge in [0.05, 0.1) is 6.21 Å². The van der Waals surface area contributed by atoms with Gasteiger partial charge in [-0.15, -0.1) is 0 Å². The molecule has 0 atom stereocenters. The van der Waals surface area contributed by atoms with Crippen molar-refractivity contribution in [3.63, 3.8) is 0 Å². The molecule has 0 radical (unpaired) electrons. The zero-order chi connectivity index (χ0) is 12.3. The second-order valence-corrected chi connectivity index (χ2v) is 3.62. The fourth-order valence-electron chi connectivity index (χ4n) is 0.958. The van der Waals surface area contributed by atoms with Crippen molar-refractivity contribution in [2.75, 3.05) is 5.73 Å². The van der Waals surface area contributed by atoms with E-state index in [-0.39, 0.29) is 11.5 Å². The molecule has 0 saturated carbocycles. The van der Waals surface area contributed by atoms with Crippen LogP contribution in [0.2, 0.25) is 0 Å². The number of aromatic nitrogens is 2. The van der Waals surface area contributed by atoms with Crippen molar-refractivity contribution >= 4 is 33.9 Å². The van der Waals surface area contributed by atoms with Crippen molar-refractivity contribution in [3.05, 3.63) is 28.3 Å². The molecule has 1 amide bonds. The molecule has 2 heterocycles. The van der Waals surface area contributed by atoms with Gasteiger partial charge in [-0.2, -0.15) is 5.10 Å². The van der Waals surface area contributed by atoms with Crippen molar-refractivity contribution in [3.8, 4) is 0 Å². The van der Waals surface area contributed by atoms with E-state index in [1.54, 1.807) is 12.1 Å². The summed E-state index contributed by atoms with van der Waals surface area (Å²) >= 11 is 3.13. The van der Waals surface area contributed by atoms with E-state index in [0.717, 1.165) is 0 Å². The third-order valence-electron chi connectivity index (χ3n) is 1.68. The second-order valence-electron chi connectivity index (χ2n) is 2.84. The molecular formula is C8H6BrN5O3. The van der Waals surface area contributed by atoms with Crippen molar-refractivity contribution in [1.29, 1.82) is 0 Å². The van der Waals surface area contributed by atoms with Crippen LogP contribution in [-0.4, -0.2) is 22.4 Å². The smallest absolute Gasteiger partial charge is 0.297 e. The molecule has 0 fully saturated rings. The highest BCUT2D eigenvalue weighted by atomic mass is 79.9. The quantitative estimate of drug-likeness (QED) is 0.638. The van der Waals surface area contributed by atoms with Crippen LogP contribution in [0.1, 0.15) is 16.2 Å². The van der Waals surface area contributed by atoms with Crippen LogP contribution < -0.4 is 11.2 Å². The zero-order valence-electron chi connectivity index (χ0n) is 8.25. The molecule has 2 rings (SSSR count). The summed E-state index contributed by atoms with van der Waals surface area (Å²) in [5.41, 5.74) is 7.40. The first kappa shape index (κ1) is 11.3. The van der Waals surface area contributed by atoms with Gasteiger partial charge in [-0.3, -0.25) is 4.79 Å². The van der Waals surface area contributed by atoms with Crippen LogP contribution in [0.5, 0.6) is 0 Å². The summed E-state index contributed by atoms with van der Waals surface area (Å²) in [4.78, 5) is 11.4. The average molecular weight is 300 g/mol. The molecule has 17 heavy (non-hydrogen) atoms. The maximum atomic E-state index is 11.4. The molecule has 0 saturated heterocycles. The predicted molar refractivity (Wildman–Crippen MR) is 60.2 cm³/mol. The number of carbonyl (C=O) groups excluding carboxylic acids is 1. The van der Waals surface area contributed by atoms with Crippen molar-refractivity contribution in [1.82, 2.24) is 15.7 Å². The standard InChI is InChI=1S/C8H6BrN5O3/c9-5-2-1-4(16-5)3-11-12-8(15)6-7(10)14-17-13-6/h1-3H,(H2,10,14)(H,12,15). The Morgan fingerprint density at radius 1 is 1.53 bits per heavy atom. The number of halogens is 1. The monoisotopic (exact) mass is 299 g/mol. The fourth-order valence-corrected chi connectivity index (χ4v) is 1.28. The predicted octanol–water partition coefficient (Wildman–Crippen LogP) is 0.771. The first-order chi connectivity index (χ1) is 8.16. The number of nitrogens with two attached hydrogens (primary N) is 1. The molecule has 3 N–H and O–H groups in total. The van der Waals surface area contributed by atoms with E-state index in [9.17, 15) is 4.79 Å². The molecule has 9 heteroatoms. The van der Waals surface area contributed by atoms with E-state index < -0.39 is 5.91 Å². The summed E-state index contributed by atoms with van der Waals surface area (Å²) < 4.78 is 9.96. The number of nitrogens with zero attached hydrogens (tertiary/aromatic N) is 3. The van der Waals surface area contributed by atoms with Gasteiger partial charge >= 0.3 is 0 Å². The molecule has 88 valence electrons. The van der Waals surface area contributed by atoms with E-state index in [1.807, 2.05) is 0 Å². The van der Waals surface area contributed by atoms with Crippen LogP contribution in [0, 0.1) is 0 Å². The van der Waals surface area contributed by atoms with Crippen LogP contribution in [0.25, 0.3) is 0 Å². The average Bonchev–Trinajstić information content (AvgIpc) is 2.87. The summed E-state index contributed by atoms with van der Waals surface area (Å²) in [6, 6.07) is 3.37. The molecule has 0 bridgehead atoms. The lowest BCUT2D eigenvalue weighted by molar-refractivity contribution is 0.0946. The number of hydrogen-bond donors (Lipinski definition) is 2. The van der Waals surface area contributed by atoms with Gasteiger partial charge in [-0.1, -0.05) is 0 Å². The maximum Gasteiger partial charge on any atom is 0.297 e. The van der Waals surface area contributed by atoms with Crippen LogP contribution >= 0.6 is 15.9 Å². The fraction of sp³-hybridized carbons (Fsp3) is 0. The largest absolute Gasteiger partial charge is 0.448 e. The third-order valence-corrected chi connectivity index (χ3v) is 2.11. The normalized spacial score (nSPS) is 10.9. The Balaban J connectivity index is 1.97. The first-order valence-electron chi connectivity index (χ1n) is 4.33. The van der Waals surface area contributed by atoms with Crippen LogP contribution in [-0.2, 0) is 0 Å².